The number of nitrogen functional groups attached to an aromatic ring is 1. The van der Waals surface area contributed by atoms with Crippen molar-refractivity contribution in [2.75, 3.05) is 19.5 Å². The van der Waals surface area contributed by atoms with Gasteiger partial charge in [-0.25, -0.2) is 0 Å². The van der Waals surface area contributed by atoms with Crippen LogP contribution in [0.2, 0.25) is 0 Å². The summed E-state index contributed by atoms with van der Waals surface area (Å²) in [5, 5.41) is 32.5. The molecule has 10 atom stereocenters. The Balaban J connectivity index is 1.21. The van der Waals surface area contributed by atoms with Crippen molar-refractivity contribution in [1.29, 1.82) is 0 Å². The minimum atomic E-state index is -1.45. The smallest absolute Gasteiger partial charge is 0.193 e. The maximum absolute atomic E-state index is 13.9. The van der Waals surface area contributed by atoms with Gasteiger partial charge in [0.25, 0.3) is 0 Å². The van der Waals surface area contributed by atoms with Crippen LogP contribution < -0.4 is 15.2 Å². The number of aliphatic hydroxyl groups excluding tert-OH is 3. The molecule has 0 radical (unpaired) electrons. The summed E-state index contributed by atoms with van der Waals surface area (Å²) in [6.45, 7) is 3.77. The molecular formula is C36H43NO8. The van der Waals surface area contributed by atoms with E-state index in [9.17, 15) is 20.1 Å². The number of carbonyl (C=O) groups excluding carboxylic acids is 1. The molecule has 7 rings (SSSR count). The molecule has 9 nitrogen and oxygen atoms in total. The minimum absolute atomic E-state index is 0.0267. The first-order valence-electron chi connectivity index (χ1n) is 15.9. The molecule has 5 N–H and O–H groups in total. The largest absolute Gasteiger partial charge is 0.496 e. The zero-order chi connectivity index (χ0) is 31.7. The Morgan fingerprint density at radius 1 is 1.16 bits per heavy atom. The summed E-state index contributed by atoms with van der Waals surface area (Å²) in [4.78, 5) is 13.9. The number of rotatable bonds is 7. The standard InChI is InChI=1S/C36H43NO8/c1-34-13-12-22(39)14-21(34)8-10-24-26-16-31-36(30(41)18-38,35(26,2)17-28(40)32(24)34)45-33(44-31)25-15-23(9-11-29(25)42-3)43-19-20-6-4-5-7-27(20)37/h4-7,9,11-15,22,24,26,28,31-33,38-40H,8,10,16-19,37H2,1-3H3/t22?,24-,26?,28-,31+,32?,33+,34-,35-,36+/m0/s1. The lowest BCUT2D eigenvalue weighted by Gasteiger charge is -2.60. The molecule has 0 bridgehead atoms. The average molecular weight is 618 g/mol. The number of allylic oxidation sites excluding steroid dienone is 2. The lowest BCUT2D eigenvalue weighted by Crippen LogP contribution is -2.63. The van der Waals surface area contributed by atoms with E-state index in [1.54, 1.807) is 25.3 Å². The summed E-state index contributed by atoms with van der Waals surface area (Å²) in [7, 11) is 1.56. The van der Waals surface area contributed by atoms with E-state index in [1.807, 2.05) is 43.3 Å². The Morgan fingerprint density at radius 3 is 2.71 bits per heavy atom. The second-order valence-corrected chi connectivity index (χ2v) is 13.9. The van der Waals surface area contributed by atoms with E-state index in [0.717, 1.165) is 24.0 Å². The Morgan fingerprint density at radius 2 is 1.96 bits per heavy atom. The second-order valence-electron chi connectivity index (χ2n) is 13.9. The van der Waals surface area contributed by atoms with Gasteiger partial charge in [0.2, 0.25) is 0 Å². The van der Waals surface area contributed by atoms with Gasteiger partial charge >= 0.3 is 0 Å². The average Bonchev–Trinajstić information content (AvgIpc) is 3.53. The molecule has 240 valence electrons. The van der Waals surface area contributed by atoms with Gasteiger partial charge in [-0.3, -0.25) is 4.79 Å². The number of hydrogen-bond acceptors (Lipinski definition) is 9. The fraction of sp³-hybridized carbons (Fsp3) is 0.528. The molecule has 3 saturated carbocycles. The first kappa shape index (κ1) is 30.4. The van der Waals surface area contributed by atoms with Gasteiger partial charge in [-0.15, -0.1) is 0 Å². The van der Waals surface area contributed by atoms with Gasteiger partial charge in [-0.2, -0.15) is 0 Å². The molecule has 2 aromatic rings. The van der Waals surface area contributed by atoms with Crippen LogP contribution in [0.1, 0.15) is 56.9 Å². The van der Waals surface area contributed by atoms with Crippen molar-refractivity contribution in [3.8, 4) is 11.5 Å². The quantitative estimate of drug-likeness (QED) is 0.265. The Bertz CT molecular complexity index is 1560. The van der Waals surface area contributed by atoms with Crippen molar-refractivity contribution >= 4 is 11.5 Å². The van der Waals surface area contributed by atoms with Gasteiger partial charge < -0.3 is 40.0 Å². The van der Waals surface area contributed by atoms with Crippen LogP contribution in [0.5, 0.6) is 11.5 Å². The topological polar surface area (TPSA) is 141 Å². The molecule has 9 heteroatoms. The monoisotopic (exact) mass is 617 g/mol. The second kappa shape index (κ2) is 11.0. The number of nitrogens with two attached hydrogens (primary N) is 1. The van der Waals surface area contributed by atoms with Crippen LogP contribution in [0, 0.1) is 28.6 Å². The van der Waals surface area contributed by atoms with Crippen LogP contribution in [0.15, 0.2) is 66.3 Å². The number of methoxy groups -OCH3 is 1. The van der Waals surface area contributed by atoms with Crippen molar-refractivity contribution in [3.05, 3.63) is 77.4 Å². The molecule has 5 aliphatic rings. The van der Waals surface area contributed by atoms with Crippen LogP contribution in [0.4, 0.5) is 5.69 Å². The molecule has 2 aromatic carbocycles. The normalized spacial score (nSPS) is 39.7. The van der Waals surface area contributed by atoms with Crippen molar-refractivity contribution in [2.24, 2.45) is 28.6 Å². The van der Waals surface area contributed by atoms with E-state index in [4.69, 9.17) is 24.7 Å². The molecule has 1 saturated heterocycles. The summed E-state index contributed by atoms with van der Waals surface area (Å²) in [6, 6.07) is 12.9. The zero-order valence-corrected chi connectivity index (χ0v) is 26.0. The molecule has 4 fully saturated rings. The van der Waals surface area contributed by atoms with Gasteiger partial charge in [-0.1, -0.05) is 55.8 Å². The van der Waals surface area contributed by atoms with E-state index in [-0.39, 0.29) is 29.8 Å². The summed E-state index contributed by atoms with van der Waals surface area (Å²) in [5.74, 6) is 0.721. The number of anilines is 1. The van der Waals surface area contributed by atoms with Gasteiger partial charge in [-0.05, 0) is 61.8 Å². The maximum atomic E-state index is 13.9. The van der Waals surface area contributed by atoms with Gasteiger partial charge in [0, 0.05) is 28.0 Å². The van der Waals surface area contributed by atoms with Gasteiger partial charge in [0.1, 0.15) is 24.7 Å². The van der Waals surface area contributed by atoms with Crippen molar-refractivity contribution in [2.45, 2.75) is 76.3 Å². The third-order valence-corrected chi connectivity index (χ3v) is 11.8. The van der Waals surface area contributed by atoms with E-state index >= 15 is 0 Å². The SMILES string of the molecule is COc1ccc(OCc2ccccc2N)cc1[C@@H]1O[C@@H]2CC3[C@@H]4CCC5=CC(O)C=C[C@]5(C)C4[C@@H](O)C[C@]3(C)[C@]2(C(=O)CO)O1. The third kappa shape index (κ3) is 4.42. The Kier molecular flexibility index (Phi) is 7.41. The van der Waals surface area contributed by atoms with Crippen LogP contribution in [0.3, 0.4) is 0 Å². The Hall–Kier alpha value is -3.21. The number of Topliss-reactive ketones (excluding diaryl/α,β-unsaturated/α-hetero) is 1. The van der Waals surface area contributed by atoms with Crippen molar-refractivity contribution in [3.63, 3.8) is 0 Å². The first-order valence-corrected chi connectivity index (χ1v) is 15.9. The number of carbonyl (C=O) groups is 1. The van der Waals surface area contributed by atoms with E-state index in [1.165, 1.54) is 0 Å². The number of benzene rings is 2. The summed E-state index contributed by atoms with van der Waals surface area (Å²) < 4.78 is 25.2. The Labute approximate surface area is 263 Å². The zero-order valence-electron chi connectivity index (χ0n) is 26.0. The van der Waals surface area contributed by atoms with Crippen LogP contribution in [0.25, 0.3) is 0 Å². The molecule has 0 amide bonds. The summed E-state index contributed by atoms with van der Waals surface area (Å²) >= 11 is 0. The van der Waals surface area contributed by atoms with Crippen LogP contribution in [-0.2, 0) is 20.9 Å². The predicted octanol–water partition coefficient (Wildman–Crippen LogP) is 4.25. The highest BCUT2D eigenvalue weighted by molar-refractivity contribution is 5.91. The first-order chi connectivity index (χ1) is 21.6. The van der Waals surface area contributed by atoms with E-state index in [0.29, 0.717) is 35.6 Å². The molecule has 3 unspecified atom stereocenters. The van der Waals surface area contributed by atoms with Crippen LogP contribution >= 0.6 is 0 Å². The molecule has 45 heavy (non-hydrogen) atoms. The molecule has 1 heterocycles. The highest BCUT2D eigenvalue weighted by Gasteiger charge is 2.76. The van der Waals surface area contributed by atoms with E-state index < -0.39 is 48.0 Å². The van der Waals surface area contributed by atoms with Gasteiger partial charge in [0.15, 0.2) is 17.7 Å². The van der Waals surface area contributed by atoms with Crippen molar-refractivity contribution < 1.29 is 39.1 Å². The number of ketones is 1. The highest BCUT2D eigenvalue weighted by Crippen LogP contribution is 2.70. The number of para-hydroxylation sites is 1. The van der Waals surface area contributed by atoms with E-state index in [2.05, 4.69) is 13.0 Å². The van der Waals surface area contributed by atoms with Gasteiger partial charge in [0.05, 0.1) is 31.0 Å². The minimum Gasteiger partial charge on any atom is -0.496 e. The molecule has 1 aliphatic heterocycles. The van der Waals surface area contributed by atoms with Crippen molar-refractivity contribution in [1.82, 2.24) is 0 Å². The fourth-order valence-corrected chi connectivity index (χ4v) is 9.76. The maximum Gasteiger partial charge on any atom is 0.193 e. The summed E-state index contributed by atoms with van der Waals surface area (Å²) in [5.41, 5.74) is 6.74. The molecule has 0 spiro atoms. The lowest BCUT2D eigenvalue weighted by molar-refractivity contribution is -0.201. The number of ether oxygens (including phenoxy) is 4. The number of hydrogen-bond donors (Lipinski definition) is 4. The highest BCUT2D eigenvalue weighted by atomic mass is 16.7. The number of aliphatic hydroxyl groups is 3. The predicted molar refractivity (Wildman–Crippen MR) is 166 cm³/mol. The summed E-state index contributed by atoms with van der Waals surface area (Å²) in [6.07, 6.45) is 5.46. The van der Waals surface area contributed by atoms with Crippen LogP contribution in [-0.4, -0.2) is 58.7 Å². The molecular weight excluding hydrogens is 574 g/mol. The molecule has 4 aliphatic carbocycles. The number of fused-ring (bicyclic) bond motifs is 7. The third-order valence-electron chi connectivity index (χ3n) is 11.8. The lowest BCUT2D eigenvalue weighted by atomic mass is 9.46. The fourth-order valence-electron chi connectivity index (χ4n) is 9.76. The molecule has 0 aromatic heterocycles.